The summed E-state index contributed by atoms with van der Waals surface area (Å²) in [6.45, 7) is 5.04. The Balaban J connectivity index is 2.41. The minimum Gasteiger partial charge on any atom is -0.368 e. The van der Waals surface area contributed by atoms with E-state index in [-0.39, 0.29) is 0 Å². The van der Waals surface area contributed by atoms with Gasteiger partial charge in [0, 0.05) is 17.0 Å². The summed E-state index contributed by atoms with van der Waals surface area (Å²) in [6, 6.07) is 2.09. The Kier molecular flexibility index (Phi) is 2.79. The standard InChI is InChI=1S/C9H11N3S2/c1-3-10-9-8(11-14-12-9)7-4-5-13-6(7)2/h4-5H,3H2,1-2H3,(H,10,12). The van der Waals surface area contributed by atoms with Crippen molar-refractivity contribution < 1.29 is 0 Å². The lowest BCUT2D eigenvalue weighted by atomic mass is 10.2. The molecule has 2 aromatic rings. The zero-order valence-electron chi connectivity index (χ0n) is 8.07. The first-order chi connectivity index (χ1) is 6.83. The average Bonchev–Trinajstić information content (AvgIpc) is 2.74. The SMILES string of the molecule is CCNc1nsnc1-c1ccsc1C. The van der Waals surface area contributed by atoms with Crippen molar-refractivity contribution >= 4 is 28.9 Å². The third-order valence-corrected chi connectivity index (χ3v) is 3.32. The quantitative estimate of drug-likeness (QED) is 0.872. The highest BCUT2D eigenvalue weighted by Crippen LogP contribution is 2.31. The number of hydrogen-bond acceptors (Lipinski definition) is 5. The highest BCUT2D eigenvalue weighted by Gasteiger charge is 2.12. The number of rotatable bonds is 3. The van der Waals surface area contributed by atoms with E-state index in [0.29, 0.717) is 0 Å². The van der Waals surface area contributed by atoms with Gasteiger partial charge < -0.3 is 5.32 Å². The number of hydrogen-bond donors (Lipinski definition) is 1. The van der Waals surface area contributed by atoms with Gasteiger partial charge in [0.2, 0.25) is 0 Å². The van der Waals surface area contributed by atoms with Crippen LogP contribution in [0, 0.1) is 6.92 Å². The number of nitrogens with one attached hydrogen (secondary N) is 1. The molecule has 0 aliphatic rings. The Labute approximate surface area is 91.1 Å². The zero-order valence-corrected chi connectivity index (χ0v) is 9.71. The van der Waals surface area contributed by atoms with Gasteiger partial charge in [-0.05, 0) is 25.3 Å². The van der Waals surface area contributed by atoms with E-state index in [1.165, 1.54) is 22.2 Å². The number of nitrogens with zero attached hydrogens (tertiary/aromatic N) is 2. The summed E-state index contributed by atoms with van der Waals surface area (Å²) in [4.78, 5) is 1.29. The summed E-state index contributed by atoms with van der Waals surface area (Å²) in [7, 11) is 0. The molecule has 74 valence electrons. The third-order valence-electron chi connectivity index (χ3n) is 1.95. The molecule has 0 saturated heterocycles. The van der Waals surface area contributed by atoms with Crippen molar-refractivity contribution in [3.05, 3.63) is 16.3 Å². The van der Waals surface area contributed by atoms with Gasteiger partial charge in [0.15, 0.2) is 5.82 Å². The maximum Gasteiger partial charge on any atom is 0.168 e. The first-order valence-corrected chi connectivity index (χ1v) is 6.04. The molecule has 3 nitrogen and oxygen atoms in total. The molecule has 0 fully saturated rings. The van der Waals surface area contributed by atoms with Gasteiger partial charge in [-0.2, -0.15) is 8.75 Å². The summed E-state index contributed by atoms with van der Waals surface area (Å²) in [5.41, 5.74) is 2.18. The average molecular weight is 225 g/mol. The molecule has 0 saturated carbocycles. The molecule has 0 unspecified atom stereocenters. The van der Waals surface area contributed by atoms with Crippen molar-refractivity contribution in [2.75, 3.05) is 11.9 Å². The molecule has 2 aromatic heterocycles. The Bertz CT molecular complexity index is 419. The largest absolute Gasteiger partial charge is 0.368 e. The Hall–Kier alpha value is -0.940. The smallest absolute Gasteiger partial charge is 0.168 e. The van der Waals surface area contributed by atoms with E-state index in [1.54, 1.807) is 11.3 Å². The van der Waals surface area contributed by atoms with Gasteiger partial charge in [-0.1, -0.05) is 0 Å². The number of thiophene rings is 1. The maximum atomic E-state index is 4.31. The lowest BCUT2D eigenvalue weighted by Gasteiger charge is -2.00. The van der Waals surface area contributed by atoms with Crippen LogP contribution in [-0.2, 0) is 0 Å². The molecule has 0 aliphatic carbocycles. The normalized spacial score (nSPS) is 10.4. The number of aryl methyl sites for hydroxylation is 1. The van der Waals surface area contributed by atoms with Gasteiger partial charge in [0.05, 0.1) is 11.7 Å². The molecule has 2 rings (SSSR count). The van der Waals surface area contributed by atoms with Gasteiger partial charge in [0.1, 0.15) is 5.69 Å². The molecular formula is C9H11N3S2. The Morgan fingerprint density at radius 1 is 1.43 bits per heavy atom. The van der Waals surface area contributed by atoms with Gasteiger partial charge in [-0.15, -0.1) is 11.3 Å². The van der Waals surface area contributed by atoms with Gasteiger partial charge in [-0.25, -0.2) is 0 Å². The van der Waals surface area contributed by atoms with Gasteiger partial charge in [0.25, 0.3) is 0 Å². The molecule has 5 heteroatoms. The van der Waals surface area contributed by atoms with Crippen LogP contribution in [0.3, 0.4) is 0 Å². The second-order valence-electron chi connectivity index (χ2n) is 2.88. The molecule has 0 bridgehead atoms. The summed E-state index contributed by atoms with van der Waals surface area (Å²) in [5.74, 6) is 0.902. The van der Waals surface area contributed by atoms with E-state index in [0.717, 1.165) is 18.1 Å². The van der Waals surface area contributed by atoms with Crippen LogP contribution in [-0.4, -0.2) is 15.3 Å². The van der Waals surface area contributed by atoms with Crippen LogP contribution in [0.15, 0.2) is 11.4 Å². The second-order valence-corrected chi connectivity index (χ2v) is 4.53. The van der Waals surface area contributed by atoms with Crippen molar-refractivity contribution in [2.24, 2.45) is 0 Å². The predicted molar refractivity (Wildman–Crippen MR) is 62.1 cm³/mol. The molecule has 0 spiro atoms. The van der Waals surface area contributed by atoms with Crippen molar-refractivity contribution in [1.29, 1.82) is 0 Å². The summed E-state index contributed by atoms with van der Waals surface area (Å²) in [6.07, 6.45) is 0. The molecule has 0 atom stereocenters. The van der Waals surface area contributed by atoms with Crippen LogP contribution in [0.2, 0.25) is 0 Å². The lowest BCUT2D eigenvalue weighted by Crippen LogP contribution is -1.98. The van der Waals surface area contributed by atoms with Crippen LogP contribution >= 0.6 is 23.1 Å². The monoisotopic (exact) mass is 225 g/mol. The molecule has 2 heterocycles. The summed E-state index contributed by atoms with van der Waals surface area (Å²) >= 11 is 2.99. The van der Waals surface area contributed by atoms with E-state index in [1.807, 2.05) is 0 Å². The van der Waals surface area contributed by atoms with Crippen LogP contribution in [0.25, 0.3) is 11.3 Å². The first kappa shape index (κ1) is 9.61. The molecule has 1 N–H and O–H groups in total. The fourth-order valence-corrected chi connectivity index (χ4v) is 2.52. The van der Waals surface area contributed by atoms with E-state index < -0.39 is 0 Å². The first-order valence-electron chi connectivity index (χ1n) is 4.43. The van der Waals surface area contributed by atoms with Crippen LogP contribution < -0.4 is 5.32 Å². The molecular weight excluding hydrogens is 214 g/mol. The van der Waals surface area contributed by atoms with Crippen LogP contribution in [0.1, 0.15) is 11.8 Å². The van der Waals surface area contributed by atoms with Crippen LogP contribution in [0.5, 0.6) is 0 Å². The maximum absolute atomic E-state index is 4.31. The van der Waals surface area contributed by atoms with E-state index in [4.69, 9.17) is 0 Å². The van der Waals surface area contributed by atoms with E-state index in [2.05, 4.69) is 39.4 Å². The lowest BCUT2D eigenvalue weighted by molar-refractivity contribution is 1.19. The van der Waals surface area contributed by atoms with Crippen molar-refractivity contribution in [3.8, 4) is 11.3 Å². The van der Waals surface area contributed by atoms with E-state index in [9.17, 15) is 0 Å². The summed E-state index contributed by atoms with van der Waals surface area (Å²) in [5, 5.41) is 5.30. The number of aromatic nitrogens is 2. The third kappa shape index (κ3) is 1.65. The fraction of sp³-hybridized carbons (Fsp3) is 0.333. The Morgan fingerprint density at radius 3 is 2.93 bits per heavy atom. The number of anilines is 1. The summed E-state index contributed by atoms with van der Waals surface area (Å²) < 4.78 is 8.54. The molecule has 0 aliphatic heterocycles. The highest BCUT2D eigenvalue weighted by atomic mass is 32.1. The van der Waals surface area contributed by atoms with Gasteiger partial charge in [-0.3, -0.25) is 0 Å². The van der Waals surface area contributed by atoms with Crippen LogP contribution in [0.4, 0.5) is 5.82 Å². The van der Waals surface area contributed by atoms with Gasteiger partial charge >= 0.3 is 0 Å². The fourth-order valence-electron chi connectivity index (χ4n) is 1.28. The highest BCUT2D eigenvalue weighted by molar-refractivity contribution is 7.10. The Morgan fingerprint density at radius 2 is 2.29 bits per heavy atom. The predicted octanol–water partition coefficient (Wildman–Crippen LogP) is 3.01. The molecule has 0 aromatic carbocycles. The molecule has 14 heavy (non-hydrogen) atoms. The minimum atomic E-state index is 0.877. The van der Waals surface area contributed by atoms with Crippen molar-refractivity contribution in [2.45, 2.75) is 13.8 Å². The topological polar surface area (TPSA) is 37.8 Å². The molecule has 0 amide bonds. The molecule has 0 radical (unpaired) electrons. The van der Waals surface area contributed by atoms with E-state index >= 15 is 0 Å². The van der Waals surface area contributed by atoms with Crippen molar-refractivity contribution in [3.63, 3.8) is 0 Å². The second kappa shape index (κ2) is 4.06. The minimum absolute atomic E-state index is 0.877. The zero-order chi connectivity index (χ0) is 9.97. The van der Waals surface area contributed by atoms with Crippen molar-refractivity contribution in [1.82, 2.24) is 8.75 Å².